The number of aromatic nitrogens is 3. The predicted molar refractivity (Wildman–Crippen MR) is 75.2 cm³/mol. The molecule has 0 radical (unpaired) electrons. The molecule has 0 amide bonds. The minimum Gasteiger partial charge on any atom is -0.392 e. The number of halogens is 2. The second-order valence-corrected chi connectivity index (χ2v) is 5.38. The number of aliphatic hydroxyl groups is 1. The van der Waals surface area contributed by atoms with Gasteiger partial charge in [0, 0.05) is 29.5 Å². The summed E-state index contributed by atoms with van der Waals surface area (Å²) < 4.78 is 15.4. The maximum absolute atomic E-state index is 13.7. The van der Waals surface area contributed by atoms with Crippen LogP contribution in [0, 0.1) is 5.82 Å². The number of rotatable bonds is 5. The summed E-state index contributed by atoms with van der Waals surface area (Å²) in [5.41, 5.74) is 0.331. The lowest BCUT2D eigenvalue weighted by atomic mass is 10.0. The Morgan fingerprint density at radius 3 is 2.75 bits per heavy atom. The lowest BCUT2D eigenvalue weighted by Gasteiger charge is -2.14. The summed E-state index contributed by atoms with van der Waals surface area (Å²) in [6.07, 6.45) is 1.16. The van der Waals surface area contributed by atoms with Crippen molar-refractivity contribution in [2.45, 2.75) is 38.8 Å². The van der Waals surface area contributed by atoms with Gasteiger partial charge in [-0.2, -0.15) is 5.10 Å². The molecule has 0 spiro atoms. The Morgan fingerprint density at radius 1 is 1.35 bits per heavy atom. The summed E-state index contributed by atoms with van der Waals surface area (Å²) in [5, 5.41) is 14.6. The van der Waals surface area contributed by atoms with Crippen LogP contribution in [0.2, 0.25) is 5.02 Å². The molecule has 1 heterocycles. The van der Waals surface area contributed by atoms with Gasteiger partial charge in [-0.25, -0.2) is 14.1 Å². The molecule has 0 aliphatic rings. The van der Waals surface area contributed by atoms with Crippen molar-refractivity contribution in [3.63, 3.8) is 0 Å². The van der Waals surface area contributed by atoms with E-state index in [1.807, 2.05) is 13.8 Å². The van der Waals surface area contributed by atoms with Crippen LogP contribution in [0.3, 0.4) is 0 Å². The van der Waals surface area contributed by atoms with E-state index in [-0.39, 0.29) is 12.5 Å². The van der Waals surface area contributed by atoms with Crippen LogP contribution in [-0.2, 0) is 12.8 Å². The van der Waals surface area contributed by atoms with Gasteiger partial charge < -0.3 is 5.11 Å². The first-order valence-electron chi connectivity index (χ1n) is 6.48. The fourth-order valence-corrected chi connectivity index (χ4v) is 2.34. The zero-order valence-corrected chi connectivity index (χ0v) is 12.2. The van der Waals surface area contributed by atoms with Gasteiger partial charge in [-0.15, -0.1) is 0 Å². The standard InChI is InChI=1S/C14H17ClFN3O/c1-9(2)19-14(17-8-18-19)7-10(20)6-11-12(15)4-3-5-13(11)16/h3-5,8-10,20H,6-7H2,1-2H3. The van der Waals surface area contributed by atoms with E-state index in [4.69, 9.17) is 11.6 Å². The molecule has 1 atom stereocenters. The Morgan fingerprint density at radius 2 is 2.10 bits per heavy atom. The van der Waals surface area contributed by atoms with E-state index < -0.39 is 11.9 Å². The molecule has 108 valence electrons. The van der Waals surface area contributed by atoms with Crippen LogP contribution in [0.25, 0.3) is 0 Å². The molecule has 6 heteroatoms. The van der Waals surface area contributed by atoms with E-state index in [9.17, 15) is 9.50 Å². The van der Waals surface area contributed by atoms with E-state index in [2.05, 4.69) is 10.1 Å². The van der Waals surface area contributed by atoms with Gasteiger partial charge in [-0.3, -0.25) is 0 Å². The maximum atomic E-state index is 13.7. The van der Waals surface area contributed by atoms with E-state index in [0.717, 1.165) is 0 Å². The number of hydrogen-bond acceptors (Lipinski definition) is 3. The fourth-order valence-electron chi connectivity index (χ4n) is 2.10. The largest absolute Gasteiger partial charge is 0.392 e. The lowest BCUT2D eigenvalue weighted by molar-refractivity contribution is 0.169. The first-order valence-corrected chi connectivity index (χ1v) is 6.86. The molecule has 1 aromatic heterocycles. The number of nitrogens with zero attached hydrogens (tertiary/aromatic N) is 3. The molecule has 1 aromatic carbocycles. The van der Waals surface area contributed by atoms with Gasteiger partial charge in [0.05, 0.1) is 6.10 Å². The predicted octanol–water partition coefficient (Wildman–Crippen LogP) is 2.80. The molecule has 0 saturated heterocycles. The highest BCUT2D eigenvalue weighted by Crippen LogP contribution is 2.21. The first kappa shape index (κ1) is 14.9. The molecular formula is C14H17ClFN3O. The third-order valence-electron chi connectivity index (χ3n) is 3.06. The van der Waals surface area contributed by atoms with E-state index in [0.29, 0.717) is 22.8 Å². The van der Waals surface area contributed by atoms with Crippen LogP contribution in [0.15, 0.2) is 24.5 Å². The quantitative estimate of drug-likeness (QED) is 0.923. The summed E-state index contributed by atoms with van der Waals surface area (Å²) >= 11 is 5.95. The lowest BCUT2D eigenvalue weighted by Crippen LogP contribution is -2.19. The second kappa shape index (κ2) is 6.33. The average Bonchev–Trinajstić information content (AvgIpc) is 2.82. The molecule has 1 unspecified atom stereocenters. The Bertz CT molecular complexity index is 565. The summed E-state index contributed by atoms with van der Waals surface area (Å²) in [4.78, 5) is 4.13. The SMILES string of the molecule is CC(C)n1ncnc1CC(O)Cc1c(F)cccc1Cl. The number of benzene rings is 1. The first-order chi connectivity index (χ1) is 9.49. The molecule has 0 bridgehead atoms. The van der Waals surface area contributed by atoms with Gasteiger partial charge in [-0.05, 0) is 26.0 Å². The van der Waals surface area contributed by atoms with Crippen LogP contribution in [0.4, 0.5) is 4.39 Å². The van der Waals surface area contributed by atoms with E-state index in [1.54, 1.807) is 16.8 Å². The molecule has 1 N–H and O–H groups in total. The zero-order valence-electron chi connectivity index (χ0n) is 11.4. The zero-order chi connectivity index (χ0) is 14.7. The molecular weight excluding hydrogens is 281 g/mol. The molecule has 0 aliphatic carbocycles. The van der Waals surface area contributed by atoms with Crippen molar-refractivity contribution >= 4 is 11.6 Å². The minimum atomic E-state index is -0.758. The van der Waals surface area contributed by atoms with Crippen LogP contribution >= 0.6 is 11.6 Å². The minimum absolute atomic E-state index is 0.149. The van der Waals surface area contributed by atoms with Crippen LogP contribution in [0.5, 0.6) is 0 Å². The van der Waals surface area contributed by atoms with Gasteiger partial charge in [0.15, 0.2) is 0 Å². The van der Waals surface area contributed by atoms with Crippen molar-refractivity contribution in [3.05, 3.63) is 46.8 Å². The Hall–Kier alpha value is -1.46. The van der Waals surface area contributed by atoms with Crippen molar-refractivity contribution in [1.29, 1.82) is 0 Å². The van der Waals surface area contributed by atoms with E-state index in [1.165, 1.54) is 12.4 Å². The average molecular weight is 298 g/mol. The highest BCUT2D eigenvalue weighted by molar-refractivity contribution is 6.31. The van der Waals surface area contributed by atoms with Gasteiger partial charge in [0.1, 0.15) is 18.0 Å². The number of aliphatic hydroxyl groups excluding tert-OH is 1. The van der Waals surface area contributed by atoms with Crippen LogP contribution < -0.4 is 0 Å². The van der Waals surface area contributed by atoms with E-state index >= 15 is 0 Å². The second-order valence-electron chi connectivity index (χ2n) is 4.98. The van der Waals surface area contributed by atoms with Gasteiger partial charge in [-0.1, -0.05) is 17.7 Å². The topological polar surface area (TPSA) is 50.9 Å². The summed E-state index contributed by atoms with van der Waals surface area (Å²) in [7, 11) is 0. The third-order valence-corrected chi connectivity index (χ3v) is 3.41. The summed E-state index contributed by atoms with van der Waals surface area (Å²) in [6.45, 7) is 3.97. The van der Waals surface area contributed by atoms with Gasteiger partial charge >= 0.3 is 0 Å². The van der Waals surface area contributed by atoms with Crippen molar-refractivity contribution in [2.75, 3.05) is 0 Å². The van der Waals surface area contributed by atoms with Crippen molar-refractivity contribution < 1.29 is 9.50 Å². The Balaban J connectivity index is 2.09. The summed E-state index contributed by atoms with van der Waals surface area (Å²) in [6, 6.07) is 4.66. The molecule has 20 heavy (non-hydrogen) atoms. The molecule has 2 aromatic rings. The molecule has 0 saturated carbocycles. The van der Waals surface area contributed by atoms with Crippen molar-refractivity contribution in [3.8, 4) is 0 Å². The Labute approximate surface area is 122 Å². The molecule has 2 rings (SSSR count). The van der Waals surface area contributed by atoms with Crippen molar-refractivity contribution in [2.24, 2.45) is 0 Å². The van der Waals surface area contributed by atoms with Crippen molar-refractivity contribution in [1.82, 2.24) is 14.8 Å². The molecule has 4 nitrogen and oxygen atoms in total. The van der Waals surface area contributed by atoms with Gasteiger partial charge in [0.25, 0.3) is 0 Å². The highest BCUT2D eigenvalue weighted by Gasteiger charge is 2.16. The highest BCUT2D eigenvalue weighted by atomic mass is 35.5. The molecule has 0 aliphatic heterocycles. The number of hydrogen-bond donors (Lipinski definition) is 1. The monoisotopic (exact) mass is 297 g/mol. The molecule has 0 fully saturated rings. The Kier molecular flexibility index (Phi) is 4.73. The van der Waals surface area contributed by atoms with Crippen LogP contribution in [0.1, 0.15) is 31.3 Å². The van der Waals surface area contributed by atoms with Gasteiger partial charge in [0.2, 0.25) is 0 Å². The maximum Gasteiger partial charge on any atom is 0.138 e. The smallest absolute Gasteiger partial charge is 0.138 e. The normalized spacial score (nSPS) is 12.9. The van der Waals surface area contributed by atoms with Crippen LogP contribution in [-0.4, -0.2) is 26.0 Å². The fraction of sp³-hybridized carbons (Fsp3) is 0.429. The summed E-state index contributed by atoms with van der Waals surface area (Å²) in [5.74, 6) is 0.279. The third kappa shape index (κ3) is 3.35.